The molecule has 0 bridgehead atoms. The van der Waals surface area contributed by atoms with E-state index in [1.165, 1.54) is 0 Å². The standard InChI is InChI=1S/C12H18N2O2S/c15-10-3-1-5-14(8-10)9-12(16)13-7-11-4-2-6-17-11/h2,4,6,10,15H,1,3,5,7-9H2,(H,13,16)/t10-/m0/s1. The van der Waals surface area contributed by atoms with E-state index in [2.05, 4.69) is 5.32 Å². The molecule has 5 heteroatoms. The van der Waals surface area contributed by atoms with Crippen LogP contribution < -0.4 is 5.32 Å². The Kier molecular flexibility index (Phi) is 4.53. The van der Waals surface area contributed by atoms with E-state index in [1.54, 1.807) is 11.3 Å². The highest BCUT2D eigenvalue weighted by Gasteiger charge is 2.19. The number of nitrogens with zero attached hydrogens (tertiary/aromatic N) is 1. The van der Waals surface area contributed by atoms with Gasteiger partial charge in [-0.15, -0.1) is 11.3 Å². The van der Waals surface area contributed by atoms with Crippen LogP contribution in [0.3, 0.4) is 0 Å². The van der Waals surface area contributed by atoms with Crippen molar-refractivity contribution in [1.29, 1.82) is 0 Å². The molecule has 0 unspecified atom stereocenters. The first kappa shape index (κ1) is 12.5. The van der Waals surface area contributed by atoms with Crippen molar-refractivity contribution in [3.63, 3.8) is 0 Å². The van der Waals surface area contributed by atoms with E-state index >= 15 is 0 Å². The van der Waals surface area contributed by atoms with Crippen molar-refractivity contribution < 1.29 is 9.90 Å². The van der Waals surface area contributed by atoms with E-state index in [0.717, 1.165) is 24.3 Å². The quantitative estimate of drug-likeness (QED) is 0.836. The van der Waals surface area contributed by atoms with Crippen molar-refractivity contribution in [2.45, 2.75) is 25.5 Å². The van der Waals surface area contributed by atoms with Crippen molar-refractivity contribution in [2.24, 2.45) is 0 Å². The smallest absolute Gasteiger partial charge is 0.234 e. The topological polar surface area (TPSA) is 52.6 Å². The molecule has 4 nitrogen and oxygen atoms in total. The van der Waals surface area contributed by atoms with Crippen LogP contribution in [0, 0.1) is 0 Å². The van der Waals surface area contributed by atoms with Crippen LogP contribution in [0.1, 0.15) is 17.7 Å². The number of likely N-dealkylation sites (tertiary alicyclic amines) is 1. The van der Waals surface area contributed by atoms with Gasteiger partial charge in [0.15, 0.2) is 0 Å². The van der Waals surface area contributed by atoms with Crippen LogP contribution >= 0.6 is 11.3 Å². The molecule has 17 heavy (non-hydrogen) atoms. The fourth-order valence-corrected chi connectivity index (χ4v) is 2.68. The van der Waals surface area contributed by atoms with Gasteiger partial charge >= 0.3 is 0 Å². The zero-order valence-corrected chi connectivity index (χ0v) is 10.6. The minimum Gasteiger partial charge on any atom is -0.392 e. The molecule has 2 N–H and O–H groups in total. The van der Waals surface area contributed by atoms with Crippen LogP contribution in [0.2, 0.25) is 0 Å². The molecule has 1 amide bonds. The van der Waals surface area contributed by atoms with E-state index < -0.39 is 0 Å². The summed E-state index contributed by atoms with van der Waals surface area (Å²) in [4.78, 5) is 14.9. The van der Waals surface area contributed by atoms with Crippen LogP contribution in [0.4, 0.5) is 0 Å². The van der Waals surface area contributed by atoms with Gasteiger partial charge in [-0.3, -0.25) is 9.69 Å². The third kappa shape index (κ3) is 4.11. The first-order chi connectivity index (χ1) is 8.24. The highest BCUT2D eigenvalue weighted by molar-refractivity contribution is 7.09. The van der Waals surface area contributed by atoms with E-state index in [0.29, 0.717) is 19.6 Å². The van der Waals surface area contributed by atoms with E-state index in [4.69, 9.17) is 0 Å². The van der Waals surface area contributed by atoms with Crippen molar-refractivity contribution in [2.75, 3.05) is 19.6 Å². The SMILES string of the molecule is O=C(CN1CCC[C@H](O)C1)NCc1cccs1. The van der Waals surface area contributed by atoms with Crippen LogP contribution in [0.15, 0.2) is 17.5 Å². The van der Waals surface area contributed by atoms with Gasteiger partial charge in [0.2, 0.25) is 5.91 Å². The van der Waals surface area contributed by atoms with Gasteiger partial charge in [0.25, 0.3) is 0 Å². The van der Waals surface area contributed by atoms with Gasteiger partial charge in [0, 0.05) is 11.4 Å². The Balaban J connectivity index is 1.70. The second-order valence-corrected chi connectivity index (χ2v) is 5.42. The summed E-state index contributed by atoms with van der Waals surface area (Å²) in [6, 6.07) is 3.99. The van der Waals surface area contributed by atoms with Crippen molar-refractivity contribution >= 4 is 17.2 Å². The molecule has 1 aliphatic rings. The largest absolute Gasteiger partial charge is 0.392 e. The number of hydrogen-bond donors (Lipinski definition) is 2. The van der Waals surface area contributed by atoms with E-state index in [1.807, 2.05) is 22.4 Å². The summed E-state index contributed by atoms with van der Waals surface area (Å²) in [5.74, 6) is 0.0347. The summed E-state index contributed by atoms with van der Waals surface area (Å²) < 4.78 is 0. The number of thiophene rings is 1. The predicted molar refractivity (Wildman–Crippen MR) is 67.8 cm³/mol. The third-order valence-electron chi connectivity index (χ3n) is 2.89. The molecule has 1 aliphatic heterocycles. The summed E-state index contributed by atoms with van der Waals surface area (Å²) in [6.45, 7) is 2.52. The van der Waals surface area contributed by atoms with Crippen LogP contribution in [0.25, 0.3) is 0 Å². The van der Waals surface area contributed by atoms with Crippen molar-refractivity contribution in [1.82, 2.24) is 10.2 Å². The number of carbonyl (C=O) groups excluding carboxylic acids is 1. The molecule has 1 saturated heterocycles. The number of piperidine rings is 1. The average Bonchev–Trinajstić information content (AvgIpc) is 2.79. The van der Waals surface area contributed by atoms with Gasteiger partial charge < -0.3 is 10.4 Å². The maximum Gasteiger partial charge on any atom is 0.234 e. The monoisotopic (exact) mass is 254 g/mol. The molecule has 1 aromatic heterocycles. The zero-order chi connectivity index (χ0) is 12.1. The molecule has 2 heterocycles. The molecule has 94 valence electrons. The molecule has 1 atom stereocenters. The van der Waals surface area contributed by atoms with Gasteiger partial charge in [-0.25, -0.2) is 0 Å². The number of amides is 1. The molecular weight excluding hydrogens is 236 g/mol. The Hall–Kier alpha value is -0.910. The lowest BCUT2D eigenvalue weighted by molar-refractivity contribution is -0.123. The molecule has 0 aliphatic carbocycles. The number of carbonyl (C=O) groups is 1. The summed E-state index contributed by atoms with van der Waals surface area (Å²) in [5, 5.41) is 14.4. The molecule has 0 radical (unpaired) electrons. The lowest BCUT2D eigenvalue weighted by atomic mass is 10.1. The van der Waals surface area contributed by atoms with Gasteiger partial charge in [0.1, 0.15) is 0 Å². The summed E-state index contributed by atoms with van der Waals surface area (Å²) in [5.41, 5.74) is 0. The maximum absolute atomic E-state index is 11.7. The second-order valence-electron chi connectivity index (χ2n) is 4.39. The van der Waals surface area contributed by atoms with Gasteiger partial charge in [0.05, 0.1) is 19.2 Å². The number of rotatable bonds is 4. The zero-order valence-electron chi connectivity index (χ0n) is 9.76. The summed E-state index contributed by atoms with van der Waals surface area (Å²) >= 11 is 1.64. The highest BCUT2D eigenvalue weighted by Crippen LogP contribution is 2.09. The Morgan fingerprint density at radius 1 is 1.65 bits per heavy atom. The molecule has 0 aromatic carbocycles. The maximum atomic E-state index is 11.7. The highest BCUT2D eigenvalue weighted by atomic mass is 32.1. The van der Waals surface area contributed by atoms with Crippen LogP contribution in [-0.2, 0) is 11.3 Å². The predicted octanol–water partition coefficient (Wildman–Crippen LogP) is 0.821. The van der Waals surface area contributed by atoms with Crippen molar-refractivity contribution in [3.05, 3.63) is 22.4 Å². The van der Waals surface area contributed by atoms with Gasteiger partial charge in [-0.05, 0) is 30.8 Å². The first-order valence-corrected chi connectivity index (χ1v) is 6.81. The summed E-state index contributed by atoms with van der Waals surface area (Å²) in [6.07, 6.45) is 1.56. The van der Waals surface area contributed by atoms with E-state index in [-0.39, 0.29) is 12.0 Å². The van der Waals surface area contributed by atoms with Crippen LogP contribution in [0.5, 0.6) is 0 Å². The fraction of sp³-hybridized carbons (Fsp3) is 0.583. The number of nitrogens with one attached hydrogen (secondary N) is 1. The van der Waals surface area contributed by atoms with Gasteiger partial charge in [-0.1, -0.05) is 6.07 Å². The summed E-state index contributed by atoms with van der Waals surface area (Å²) in [7, 11) is 0. The molecule has 1 fully saturated rings. The molecular formula is C12H18N2O2S. The molecule has 2 rings (SSSR count). The molecule has 0 saturated carbocycles. The number of β-amino-alcohol motifs (C(OH)–C–C–N with tert-alkyl or cyclic N) is 1. The average molecular weight is 254 g/mol. The third-order valence-corrected chi connectivity index (χ3v) is 3.76. The fourth-order valence-electron chi connectivity index (χ4n) is 2.03. The number of aliphatic hydroxyl groups excluding tert-OH is 1. The van der Waals surface area contributed by atoms with E-state index in [9.17, 15) is 9.90 Å². The van der Waals surface area contributed by atoms with Crippen molar-refractivity contribution in [3.8, 4) is 0 Å². The lowest BCUT2D eigenvalue weighted by Gasteiger charge is -2.29. The Labute approximate surface area is 105 Å². The molecule has 0 spiro atoms. The number of aliphatic hydroxyl groups is 1. The Morgan fingerprint density at radius 2 is 2.53 bits per heavy atom. The minimum absolute atomic E-state index is 0.0347. The number of hydrogen-bond acceptors (Lipinski definition) is 4. The first-order valence-electron chi connectivity index (χ1n) is 5.93. The Morgan fingerprint density at radius 3 is 3.24 bits per heavy atom. The van der Waals surface area contributed by atoms with Crippen LogP contribution in [-0.4, -0.2) is 41.7 Å². The normalized spacial score (nSPS) is 21.4. The Bertz CT molecular complexity index is 353. The molecule has 1 aromatic rings. The van der Waals surface area contributed by atoms with Gasteiger partial charge in [-0.2, -0.15) is 0 Å². The lowest BCUT2D eigenvalue weighted by Crippen LogP contribution is -2.44. The minimum atomic E-state index is -0.270. The second kappa shape index (κ2) is 6.14.